The molecule has 10 heteroatoms. The fraction of sp³-hybridized carbons (Fsp3) is 0.344. The number of anilines is 1. The van der Waals surface area contributed by atoms with E-state index in [0.717, 1.165) is 51.5 Å². The summed E-state index contributed by atoms with van der Waals surface area (Å²) >= 11 is 0. The second-order valence-electron chi connectivity index (χ2n) is 10.6. The molecule has 0 spiro atoms. The van der Waals surface area contributed by atoms with Gasteiger partial charge in [0.1, 0.15) is 30.1 Å². The lowest BCUT2D eigenvalue weighted by Gasteiger charge is -2.19. The fourth-order valence-electron chi connectivity index (χ4n) is 5.23. The van der Waals surface area contributed by atoms with Crippen LogP contribution in [-0.4, -0.2) is 81.7 Å². The zero-order valence-electron chi connectivity index (χ0n) is 24.1. The molecule has 1 aliphatic rings. The molecule has 10 nitrogen and oxygen atoms in total. The Bertz CT molecular complexity index is 1600. The van der Waals surface area contributed by atoms with Crippen LogP contribution in [0.5, 0.6) is 11.5 Å². The summed E-state index contributed by atoms with van der Waals surface area (Å²) in [4.78, 5) is 44.0. The van der Waals surface area contributed by atoms with Crippen LogP contribution in [0.15, 0.2) is 54.6 Å². The van der Waals surface area contributed by atoms with Crippen molar-refractivity contribution in [1.29, 1.82) is 0 Å². The van der Waals surface area contributed by atoms with E-state index in [0.29, 0.717) is 37.6 Å². The maximum Gasteiger partial charge on any atom is 0.412 e. The first-order valence-electron chi connectivity index (χ1n) is 14.1. The highest BCUT2D eigenvalue weighted by Gasteiger charge is 2.34. The Balaban J connectivity index is 1.37. The number of nitrogens with zero attached hydrogens (tertiary/aromatic N) is 2. The summed E-state index contributed by atoms with van der Waals surface area (Å²) in [6, 6.07) is 17.1. The molecule has 1 aliphatic heterocycles. The van der Waals surface area contributed by atoms with Crippen LogP contribution in [0.2, 0.25) is 0 Å². The number of hydrogen-bond acceptors (Lipinski definition) is 7. The normalized spacial score (nSPS) is 14.4. The highest BCUT2D eigenvalue weighted by Crippen LogP contribution is 2.45. The molecule has 0 radical (unpaired) electrons. The summed E-state index contributed by atoms with van der Waals surface area (Å²) in [6.45, 7) is 4.79. The Morgan fingerprint density at radius 1 is 1.07 bits per heavy atom. The van der Waals surface area contributed by atoms with Gasteiger partial charge in [0.2, 0.25) is 0 Å². The number of H-pyrrole nitrogens is 1. The van der Waals surface area contributed by atoms with Crippen molar-refractivity contribution < 1.29 is 28.6 Å². The minimum atomic E-state index is -0.623. The van der Waals surface area contributed by atoms with E-state index < -0.39 is 6.09 Å². The van der Waals surface area contributed by atoms with Gasteiger partial charge < -0.3 is 39.1 Å². The lowest BCUT2D eigenvalue weighted by Crippen LogP contribution is -2.31. The van der Waals surface area contributed by atoms with E-state index in [2.05, 4.69) is 22.1 Å². The quantitative estimate of drug-likeness (QED) is 0.187. The van der Waals surface area contributed by atoms with Gasteiger partial charge in [-0.25, -0.2) is 4.79 Å². The Hall–Kier alpha value is -4.41. The number of aldehydes is 1. The van der Waals surface area contributed by atoms with Gasteiger partial charge in [0.05, 0.1) is 18.9 Å². The van der Waals surface area contributed by atoms with Crippen LogP contribution in [0.1, 0.15) is 35.3 Å². The molecular weight excluding hydrogens is 536 g/mol. The Morgan fingerprint density at radius 3 is 2.67 bits per heavy atom. The number of aromatic amines is 1. The molecule has 0 saturated carbocycles. The number of carbonyl (C=O) groups excluding carboxylic acids is 3. The van der Waals surface area contributed by atoms with Crippen LogP contribution in [0.25, 0.3) is 21.7 Å². The molecule has 0 saturated heterocycles. The predicted molar refractivity (Wildman–Crippen MR) is 162 cm³/mol. The molecule has 2 N–H and O–H groups in total. The molecule has 4 aromatic rings. The molecule has 0 aliphatic carbocycles. The molecule has 0 bridgehead atoms. The number of hydrogen-bond donors (Lipinski definition) is 2. The average Bonchev–Trinajstić information content (AvgIpc) is 3.55. The third kappa shape index (κ3) is 6.40. The van der Waals surface area contributed by atoms with Crippen molar-refractivity contribution in [3.05, 3.63) is 65.9 Å². The van der Waals surface area contributed by atoms with Crippen molar-refractivity contribution in [2.45, 2.75) is 19.3 Å². The van der Waals surface area contributed by atoms with Gasteiger partial charge in [-0.2, -0.15) is 0 Å². The molecule has 3 aromatic carbocycles. The van der Waals surface area contributed by atoms with E-state index >= 15 is 0 Å². The van der Waals surface area contributed by atoms with Gasteiger partial charge in [0.25, 0.3) is 5.91 Å². The third-order valence-electron chi connectivity index (χ3n) is 7.24. The topological polar surface area (TPSA) is 113 Å². The molecule has 2 amide bonds. The molecule has 2 heterocycles. The number of rotatable bonds is 12. The standard InChI is InChI=1S/C32H36N4O6/c1-21-20-36(31(38)27-18-22-17-23(9-10-26(22)34-27)41-16-12-35(2)3)28-19-29(24-7-4-5-8-25(24)30(21)28)42-32(39)33-11-15-40-14-6-13-37/h4-5,7-10,13,17-19,21,34H,6,11-12,14-16,20H2,1-3H3,(H,33,39). The monoisotopic (exact) mass is 572 g/mol. The summed E-state index contributed by atoms with van der Waals surface area (Å²) in [5, 5.41) is 5.30. The summed E-state index contributed by atoms with van der Waals surface area (Å²) in [7, 11) is 4.00. The zero-order chi connectivity index (χ0) is 29.6. The first kappa shape index (κ1) is 29.1. The number of fused-ring (bicyclic) bond motifs is 4. The Kier molecular flexibility index (Phi) is 9.04. The number of likely N-dealkylation sites (N-methyl/N-ethyl adjacent to an activating group) is 1. The number of nitrogens with one attached hydrogen (secondary N) is 2. The van der Waals surface area contributed by atoms with Crippen LogP contribution in [-0.2, 0) is 9.53 Å². The van der Waals surface area contributed by atoms with Crippen molar-refractivity contribution >= 4 is 45.6 Å². The van der Waals surface area contributed by atoms with Crippen LogP contribution >= 0.6 is 0 Å². The van der Waals surface area contributed by atoms with Gasteiger partial charge in [-0.15, -0.1) is 0 Å². The van der Waals surface area contributed by atoms with Crippen molar-refractivity contribution in [2.75, 3.05) is 58.5 Å². The highest BCUT2D eigenvalue weighted by atomic mass is 16.6. The van der Waals surface area contributed by atoms with Crippen LogP contribution in [0.3, 0.4) is 0 Å². The molecule has 1 atom stereocenters. The van der Waals surface area contributed by atoms with Gasteiger partial charge in [-0.05, 0) is 49.3 Å². The maximum absolute atomic E-state index is 13.9. The van der Waals surface area contributed by atoms with Crippen LogP contribution in [0.4, 0.5) is 10.5 Å². The molecule has 5 rings (SSSR count). The lowest BCUT2D eigenvalue weighted by molar-refractivity contribution is -0.108. The minimum Gasteiger partial charge on any atom is -0.492 e. The number of carbonyl (C=O) groups is 3. The van der Waals surface area contributed by atoms with Gasteiger partial charge in [0, 0.05) is 54.3 Å². The molecule has 0 fully saturated rings. The molecule has 220 valence electrons. The summed E-state index contributed by atoms with van der Waals surface area (Å²) in [6.07, 6.45) is 0.472. The van der Waals surface area contributed by atoms with Gasteiger partial charge >= 0.3 is 6.09 Å². The predicted octanol–water partition coefficient (Wildman–Crippen LogP) is 4.72. The number of aromatic nitrogens is 1. The van der Waals surface area contributed by atoms with Crippen LogP contribution < -0.4 is 19.7 Å². The van der Waals surface area contributed by atoms with Crippen LogP contribution in [0, 0.1) is 0 Å². The van der Waals surface area contributed by atoms with E-state index in [1.165, 1.54) is 0 Å². The second-order valence-corrected chi connectivity index (χ2v) is 10.6. The number of amides is 2. The molecule has 42 heavy (non-hydrogen) atoms. The largest absolute Gasteiger partial charge is 0.492 e. The van der Waals surface area contributed by atoms with E-state index in [4.69, 9.17) is 14.2 Å². The number of benzene rings is 3. The van der Waals surface area contributed by atoms with E-state index in [1.54, 1.807) is 11.0 Å². The number of ether oxygens (including phenoxy) is 3. The Morgan fingerprint density at radius 2 is 1.88 bits per heavy atom. The first-order chi connectivity index (χ1) is 20.4. The minimum absolute atomic E-state index is 0.0846. The summed E-state index contributed by atoms with van der Waals surface area (Å²) < 4.78 is 16.9. The molecule has 1 aromatic heterocycles. The third-order valence-corrected chi connectivity index (χ3v) is 7.24. The van der Waals surface area contributed by atoms with Gasteiger partial charge in [-0.3, -0.25) is 4.79 Å². The molecular formula is C32H36N4O6. The Labute approximate surface area is 244 Å². The smallest absolute Gasteiger partial charge is 0.412 e. The summed E-state index contributed by atoms with van der Waals surface area (Å²) in [5.41, 5.74) is 3.08. The maximum atomic E-state index is 13.9. The summed E-state index contributed by atoms with van der Waals surface area (Å²) in [5.74, 6) is 1.04. The highest BCUT2D eigenvalue weighted by molar-refractivity contribution is 6.11. The van der Waals surface area contributed by atoms with Crippen molar-refractivity contribution in [3.8, 4) is 11.5 Å². The van der Waals surface area contributed by atoms with E-state index in [9.17, 15) is 14.4 Å². The van der Waals surface area contributed by atoms with Crippen molar-refractivity contribution in [1.82, 2.24) is 15.2 Å². The average molecular weight is 573 g/mol. The van der Waals surface area contributed by atoms with Gasteiger partial charge in [-0.1, -0.05) is 31.2 Å². The fourth-order valence-corrected chi connectivity index (χ4v) is 5.23. The van der Waals surface area contributed by atoms with E-state index in [1.807, 2.05) is 62.6 Å². The van der Waals surface area contributed by atoms with Crippen molar-refractivity contribution in [2.24, 2.45) is 0 Å². The zero-order valence-corrected chi connectivity index (χ0v) is 24.1. The molecule has 1 unspecified atom stereocenters. The van der Waals surface area contributed by atoms with E-state index in [-0.39, 0.29) is 25.0 Å². The SMILES string of the molecule is CC1CN(C(=O)c2cc3cc(OCCN(C)C)ccc3[nH]2)c2cc(OC(=O)NCCOCCC=O)c3ccccc3c21. The first-order valence-corrected chi connectivity index (χ1v) is 14.1. The second kappa shape index (κ2) is 13.1. The lowest BCUT2D eigenvalue weighted by atomic mass is 9.95. The van der Waals surface area contributed by atoms with Gasteiger partial charge in [0.15, 0.2) is 0 Å². The van der Waals surface area contributed by atoms with Crippen molar-refractivity contribution in [3.63, 3.8) is 0 Å².